The molecule has 250 valence electrons. The lowest BCUT2D eigenvalue weighted by Crippen LogP contribution is -2.50. The molecule has 5 rings (SSSR count). The Morgan fingerprint density at radius 2 is 1.70 bits per heavy atom. The zero-order valence-corrected chi connectivity index (χ0v) is 29.1. The van der Waals surface area contributed by atoms with Gasteiger partial charge in [0, 0.05) is 45.0 Å². The summed E-state index contributed by atoms with van der Waals surface area (Å²) in [5.41, 5.74) is 2.86. The van der Waals surface area contributed by atoms with Crippen LogP contribution < -0.4 is 14.4 Å². The van der Waals surface area contributed by atoms with Gasteiger partial charge in [0.05, 0.1) is 18.0 Å². The second-order valence-corrected chi connectivity index (χ2v) is 14.7. The molecule has 11 heteroatoms. The van der Waals surface area contributed by atoms with E-state index >= 15 is 0 Å². The summed E-state index contributed by atoms with van der Waals surface area (Å²) in [5, 5.41) is 0. The van der Waals surface area contributed by atoms with Crippen LogP contribution >= 0.6 is 0 Å². The molecule has 2 aliphatic heterocycles. The monoisotopic (exact) mass is 650 g/mol. The lowest BCUT2D eigenvalue weighted by molar-refractivity contribution is 0.0537. The summed E-state index contributed by atoms with van der Waals surface area (Å²) in [5.74, 6) is 1.44. The Kier molecular flexibility index (Phi) is 10.9. The van der Waals surface area contributed by atoms with Crippen LogP contribution in [0.1, 0.15) is 48.8 Å². The minimum atomic E-state index is -3.70. The molecule has 2 saturated heterocycles. The van der Waals surface area contributed by atoms with Crippen LogP contribution in [0.3, 0.4) is 0 Å². The fourth-order valence-electron chi connectivity index (χ4n) is 7.16. The molecule has 2 aliphatic rings. The number of ether oxygens (including phenoxy) is 2. The molecule has 0 saturated carbocycles. The van der Waals surface area contributed by atoms with Gasteiger partial charge in [0.25, 0.3) is 0 Å². The number of hydrogen-bond donors (Lipinski definition) is 0. The molecule has 3 heterocycles. The Labute approximate surface area is 275 Å². The predicted octanol–water partition coefficient (Wildman–Crippen LogP) is 4.71. The first kappa shape index (κ1) is 34.1. The molecule has 46 heavy (non-hydrogen) atoms. The molecule has 0 unspecified atom stereocenters. The standard InChI is InChI=1S/C35H50N6O4S/c1-27-24-31(44-6)25-28(2)33(27)46(42,43)41-21-10-14-30(41)26-45-34-36-18-15-32(37-34)39(5)19-11-20-40-22-16-35(17-23-40,38(3)4)29-12-8-7-9-13-29/h7-9,12-13,15,18,24-25,30H,10-11,14,16-17,19-23,26H2,1-6H3/t30-/m0/s1. The zero-order chi connectivity index (χ0) is 32.9. The summed E-state index contributed by atoms with van der Waals surface area (Å²) >= 11 is 0. The number of aryl methyl sites for hydroxylation is 2. The van der Waals surface area contributed by atoms with Crippen LogP contribution in [0.2, 0.25) is 0 Å². The predicted molar refractivity (Wildman–Crippen MR) is 182 cm³/mol. The van der Waals surface area contributed by atoms with Crippen molar-refractivity contribution in [2.75, 3.05) is 72.5 Å². The second kappa shape index (κ2) is 14.7. The number of anilines is 1. The Bertz CT molecular complexity index is 1540. The van der Waals surface area contributed by atoms with Gasteiger partial charge in [0.15, 0.2) is 0 Å². The van der Waals surface area contributed by atoms with Crippen LogP contribution in [0.25, 0.3) is 0 Å². The van der Waals surface area contributed by atoms with Gasteiger partial charge in [-0.2, -0.15) is 9.29 Å². The average molecular weight is 651 g/mol. The zero-order valence-electron chi connectivity index (χ0n) is 28.3. The number of hydrogen-bond acceptors (Lipinski definition) is 9. The minimum absolute atomic E-state index is 0.0964. The van der Waals surface area contributed by atoms with Crippen molar-refractivity contribution in [2.45, 2.75) is 62.4 Å². The highest BCUT2D eigenvalue weighted by Gasteiger charge is 2.39. The van der Waals surface area contributed by atoms with E-state index in [9.17, 15) is 8.42 Å². The number of sulfonamides is 1. The van der Waals surface area contributed by atoms with Crippen molar-refractivity contribution in [3.63, 3.8) is 0 Å². The van der Waals surface area contributed by atoms with Crippen LogP contribution in [0.4, 0.5) is 5.82 Å². The van der Waals surface area contributed by atoms with E-state index in [0.29, 0.717) is 28.3 Å². The average Bonchev–Trinajstić information content (AvgIpc) is 3.54. The highest BCUT2D eigenvalue weighted by molar-refractivity contribution is 7.89. The number of benzene rings is 2. The van der Waals surface area contributed by atoms with Crippen molar-refractivity contribution in [2.24, 2.45) is 0 Å². The summed E-state index contributed by atoms with van der Waals surface area (Å²) in [6.45, 7) is 8.34. The van der Waals surface area contributed by atoms with Crippen molar-refractivity contribution in [1.29, 1.82) is 0 Å². The number of rotatable bonds is 13. The second-order valence-electron chi connectivity index (χ2n) is 12.9. The molecule has 3 aromatic rings. The number of piperidine rings is 1. The third-order valence-corrected chi connectivity index (χ3v) is 12.1. The number of methoxy groups -OCH3 is 1. The Balaban J connectivity index is 1.13. The van der Waals surface area contributed by atoms with Gasteiger partial charge in [0.2, 0.25) is 10.0 Å². The van der Waals surface area contributed by atoms with E-state index in [-0.39, 0.29) is 24.2 Å². The quantitative estimate of drug-likeness (QED) is 0.261. The van der Waals surface area contributed by atoms with E-state index in [1.807, 2.05) is 27.0 Å². The molecular formula is C35H50N6O4S. The van der Waals surface area contributed by atoms with E-state index in [2.05, 4.69) is 69.1 Å². The van der Waals surface area contributed by atoms with E-state index < -0.39 is 10.0 Å². The van der Waals surface area contributed by atoms with Gasteiger partial charge in [-0.05, 0) is 101 Å². The fraction of sp³-hybridized carbons (Fsp3) is 0.543. The summed E-state index contributed by atoms with van der Waals surface area (Å²) in [6.07, 6.45) is 6.47. The van der Waals surface area contributed by atoms with Crippen LogP contribution in [-0.4, -0.2) is 106 Å². The van der Waals surface area contributed by atoms with Crippen molar-refractivity contribution < 1.29 is 17.9 Å². The maximum absolute atomic E-state index is 13.8. The molecule has 1 atom stereocenters. The first-order valence-electron chi connectivity index (χ1n) is 16.3. The molecule has 2 aromatic carbocycles. The van der Waals surface area contributed by atoms with Crippen molar-refractivity contribution in [3.05, 3.63) is 71.4 Å². The molecule has 2 fully saturated rings. The van der Waals surface area contributed by atoms with Crippen molar-refractivity contribution in [1.82, 2.24) is 24.1 Å². The maximum Gasteiger partial charge on any atom is 0.318 e. The number of nitrogens with zero attached hydrogens (tertiary/aromatic N) is 6. The normalized spacial score (nSPS) is 19.0. The molecule has 0 N–H and O–H groups in total. The number of likely N-dealkylation sites (tertiary alicyclic amines) is 1. The van der Waals surface area contributed by atoms with Gasteiger partial charge in [-0.1, -0.05) is 30.3 Å². The van der Waals surface area contributed by atoms with E-state index in [4.69, 9.17) is 9.47 Å². The summed E-state index contributed by atoms with van der Waals surface area (Å²) < 4.78 is 40.5. The lowest BCUT2D eigenvalue weighted by Gasteiger charge is -2.46. The van der Waals surface area contributed by atoms with Crippen molar-refractivity contribution >= 4 is 15.8 Å². The van der Waals surface area contributed by atoms with Crippen LogP contribution in [0, 0.1) is 13.8 Å². The Morgan fingerprint density at radius 3 is 2.35 bits per heavy atom. The van der Waals surface area contributed by atoms with E-state index in [1.54, 1.807) is 29.7 Å². The molecule has 0 aliphatic carbocycles. The SMILES string of the molecule is COc1cc(C)c(S(=O)(=O)N2CCC[C@H]2COc2nccc(N(C)CCCN3CCC(c4ccccc4)(N(C)C)CC3)n2)c(C)c1. The third-order valence-electron chi connectivity index (χ3n) is 9.79. The summed E-state index contributed by atoms with van der Waals surface area (Å²) in [7, 11) is 4.33. The summed E-state index contributed by atoms with van der Waals surface area (Å²) in [4.78, 5) is 16.4. The smallest absolute Gasteiger partial charge is 0.318 e. The van der Waals surface area contributed by atoms with Crippen LogP contribution in [0.15, 0.2) is 59.6 Å². The highest BCUT2D eigenvalue weighted by Crippen LogP contribution is 2.37. The van der Waals surface area contributed by atoms with Gasteiger partial charge < -0.3 is 19.3 Å². The fourth-order valence-corrected chi connectivity index (χ4v) is 9.26. The van der Waals surface area contributed by atoms with E-state index in [1.165, 1.54) is 5.56 Å². The van der Waals surface area contributed by atoms with Crippen LogP contribution in [-0.2, 0) is 15.6 Å². The Morgan fingerprint density at radius 1 is 1.00 bits per heavy atom. The van der Waals surface area contributed by atoms with Gasteiger partial charge in [-0.25, -0.2) is 13.4 Å². The van der Waals surface area contributed by atoms with Gasteiger partial charge in [0.1, 0.15) is 18.2 Å². The molecule has 0 radical (unpaired) electrons. The minimum Gasteiger partial charge on any atom is -0.497 e. The maximum atomic E-state index is 13.8. The van der Waals surface area contributed by atoms with Gasteiger partial charge in [-0.15, -0.1) is 0 Å². The highest BCUT2D eigenvalue weighted by atomic mass is 32.2. The molecule has 1 aromatic heterocycles. The Hall–Kier alpha value is -3.25. The van der Waals surface area contributed by atoms with Crippen molar-refractivity contribution in [3.8, 4) is 11.8 Å². The molecule has 0 bridgehead atoms. The number of aromatic nitrogens is 2. The molecule has 10 nitrogen and oxygen atoms in total. The van der Waals surface area contributed by atoms with Crippen LogP contribution in [0.5, 0.6) is 11.8 Å². The third kappa shape index (κ3) is 7.33. The topological polar surface area (TPSA) is 91.3 Å². The summed E-state index contributed by atoms with van der Waals surface area (Å²) in [6, 6.07) is 16.3. The first-order valence-corrected chi connectivity index (χ1v) is 17.8. The molecule has 0 amide bonds. The lowest BCUT2D eigenvalue weighted by atomic mass is 9.80. The van der Waals surface area contributed by atoms with Gasteiger partial charge >= 0.3 is 6.01 Å². The largest absolute Gasteiger partial charge is 0.497 e. The van der Waals surface area contributed by atoms with E-state index in [0.717, 1.165) is 64.1 Å². The molecular weight excluding hydrogens is 600 g/mol. The van der Waals surface area contributed by atoms with Gasteiger partial charge in [-0.3, -0.25) is 4.90 Å². The molecule has 0 spiro atoms. The first-order chi connectivity index (χ1) is 22.0.